The summed E-state index contributed by atoms with van der Waals surface area (Å²) in [5, 5.41) is 7.16. The molecule has 23 heavy (non-hydrogen) atoms. The lowest BCUT2D eigenvalue weighted by molar-refractivity contribution is -0.111. The fraction of sp³-hybridized carbons (Fsp3) is 0.0588. The molecule has 1 amide bonds. The van der Waals surface area contributed by atoms with Gasteiger partial charge in [-0.25, -0.2) is 9.37 Å². The summed E-state index contributed by atoms with van der Waals surface area (Å²) >= 11 is 2.91. The van der Waals surface area contributed by atoms with Gasteiger partial charge in [-0.15, -0.1) is 22.7 Å². The Balaban J connectivity index is 1.94. The van der Waals surface area contributed by atoms with E-state index in [1.807, 2.05) is 29.8 Å². The van der Waals surface area contributed by atoms with Gasteiger partial charge in [0, 0.05) is 15.8 Å². The molecule has 6 heteroatoms. The van der Waals surface area contributed by atoms with E-state index in [2.05, 4.69) is 10.3 Å². The van der Waals surface area contributed by atoms with Crippen LogP contribution in [0.4, 0.5) is 9.52 Å². The molecule has 0 radical (unpaired) electrons. The monoisotopic (exact) mass is 344 g/mol. The Hall–Kier alpha value is -2.31. The fourth-order valence-corrected chi connectivity index (χ4v) is 3.34. The molecule has 1 N–H and O–H groups in total. The van der Waals surface area contributed by atoms with Gasteiger partial charge in [0.15, 0.2) is 5.13 Å². The van der Waals surface area contributed by atoms with Crippen LogP contribution in [0.3, 0.4) is 0 Å². The molecule has 1 aromatic carbocycles. The molecule has 0 spiro atoms. The average molecular weight is 344 g/mol. The molecule has 3 nitrogen and oxygen atoms in total. The van der Waals surface area contributed by atoms with E-state index in [1.165, 1.54) is 34.8 Å². The van der Waals surface area contributed by atoms with E-state index in [4.69, 9.17) is 0 Å². The maximum Gasteiger partial charge on any atom is 0.258 e. The fourth-order valence-electron chi connectivity index (χ4n) is 2.00. The number of rotatable bonds is 4. The quantitative estimate of drug-likeness (QED) is 0.689. The van der Waals surface area contributed by atoms with Crippen LogP contribution in [0.15, 0.2) is 47.2 Å². The van der Waals surface area contributed by atoms with Crippen LogP contribution in [-0.4, -0.2) is 10.9 Å². The molecule has 0 atom stereocenters. The first-order valence-corrected chi connectivity index (χ1v) is 8.62. The molecule has 116 valence electrons. The second kappa shape index (κ2) is 6.85. The molecule has 0 saturated heterocycles. The number of carbonyl (C=O) groups excluding carboxylic acids is 1. The highest BCUT2D eigenvalue weighted by molar-refractivity contribution is 7.14. The number of aryl methyl sites for hydroxylation is 1. The number of thiophene rings is 1. The predicted molar refractivity (Wildman–Crippen MR) is 94.1 cm³/mol. The van der Waals surface area contributed by atoms with Crippen molar-refractivity contribution in [1.82, 2.24) is 4.98 Å². The molecular weight excluding hydrogens is 331 g/mol. The van der Waals surface area contributed by atoms with Gasteiger partial charge in [-0.05, 0) is 42.1 Å². The summed E-state index contributed by atoms with van der Waals surface area (Å²) in [5.74, 6) is -0.598. The minimum atomic E-state index is -0.333. The number of aromatic nitrogens is 1. The zero-order valence-corrected chi connectivity index (χ0v) is 13.9. The minimum Gasteiger partial charge on any atom is -0.298 e. The van der Waals surface area contributed by atoms with Gasteiger partial charge in [-0.1, -0.05) is 18.2 Å². The van der Waals surface area contributed by atoms with Crippen LogP contribution in [-0.2, 0) is 4.79 Å². The van der Waals surface area contributed by atoms with E-state index in [1.54, 1.807) is 18.2 Å². The Labute approximate surface area is 141 Å². The number of nitrogens with one attached hydrogen (secondary N) is 1. The van der Waals surface area contributed by atoms with Crippen LogP contribution < -0.4 is 5.32 Å². The van der Waals surface area contributed by atoms with Crippen LogP contribution in [0.25, 0.3) is 11.6 Å². The first kappa shape index (κ1) is 15.6. The third-order valence-electron chi connectivity index (χ3n) is 3.07. The Morgan fingerprint density at radius 2 is 2.00 bits per heavy atom. The number of thiazole rings is 1. The number of nitrogens with zero attached hydrogens (tertiary/aromatic N) is 1. The third kappa shape index (κ3) is 3.91. The summed E-state index contributed by atoms with van der Waals surface area (Å²) in [4.78, 5) is 17.8. The number of anilines is 1. The van der Waals surface area contributed by atoms with Gasteiger partial charge in [0.25, 0.3) is 5.91 Å². The summed E-state index contributed by atoms with van der Waals surface area (Å²) in [6, 6.07) is 9.73. The molecule has 0 aliphatic heterocycles. The summed E-state index contributed by atoms with van der Waals surface area (Å²) in [6.45, 7) is 1.87. The molecule has 0 saturated carbocycles. The molecule has 0 bridgehead atoms. The van der Waals surface area contributed by atoms with Gasteiger partial charge in [0.05, 0.1) is 5.69 Å². The number of amides is 1. The highest BCUT2D eigenvalue weighted by Crippen LogP contribution is 2.24. The van der Waals surface area contributed by atoms with Crippen LogP contribution in [0, 0.1) is 12.7 Å². The second-order valence-electron chi connectivity index (χ2n) is 4.83. The van der Waals surface area contributed by atoms with Crippen molar-refractivity contribution in [2.45, 2.75) is 6.92 Å². The summed E-state index contributed by atoms with van der Waals surface area (Å²) < 4.78 is 13.2. The molecule has 2 heterocycles. The number of carbonyl (C=O) groups is 1. The van der Waals surface area contributed by atoms with Gasteiger partial charge < -0.3 is 0 Å². The summed E-state index contributed by atoms with van der Waals surface area (Å²) in [5.41, 5.74) is 1.99. The SMILES string of the molecule is Cc1csc(NC(=O)/C(=C/c2cccs2)c2ccc(F)cc2)n1. The maximum atomic E-state index is 13.2. The Bertz CT molecular complexity index is 836. The van der Waals surface area contributed by atoms with Crippen molar-refractivity contribution in [3.05, 3.63) is 69.1 Å². The van der Waals surface area contributed by atoms with Crippen molar-refractivity contribution in [3.63, 3.8) is 0 Å². The molecule has 0 fully saturated rings. The maximum absolute atomic E-state index is 13.2. The first-order chi connectivity index (χ1) is 11.1. The van der Waals surface area contributed by atoms with Crippen LogP contribution >= 0.6 is 22.7 Å². The molecule has 0 unspecified atom stereocenters. The Morgan fingerprint density at radius 1 is 1.22 bits per heavy atom. The van der Waals surface area contributed by atoms with Gasteiger partial charge in [-0.2, -0.15) is 0 Å². The Morgan fingerprint density at radius 3 is 2.61 bits per heavy atom. The first-order valence-electron chi connectivity index (χ1n) is 6.86. The number of halogens is 1. The molecule has 3 aromatic rings. The minimum absolute atomic E-state index is 0.264. The van der Waals surface area contributed by atoms with Gasteiger partial charge in [-0.3, -0.25) is 10.1 Å². The number of benzene rings is 1. The van der Waals surface area contributed by atoms with E-state index >= 15 is 0 Å². The van der Waals surface area contributed by atoms with Gasteiger partial charge in [0.2, 0.25) is 0 Å². The number of hydrogen-bond donors (Lipinski definition) is 1. The van der Waals surface area contributed by atoms with Crippen molar-refractivity contribution in [2.75, 3.05) is 5.32 Å². The van der Waals surface area contributed by atoms with Crippen LogP contribution in [0.5, 0.6) is 0 Å². The molecule has 0 aliphatic rings. The van der Waals surface area contributed by atoms with E-state index in [0.717, 1.165) is 10.6 Å². The highest BCUT2D eigenvalue weighted by Gasteiger charge is 2.14. The van der Waals surface area contributed by atoms with Crippen molar-refractivity contribution in [3.8, 4) is 0 Å². The molecule has 0 aliphatic carbocycles. The lowest BCUT2D eigenvalue weighted by atomic mass is 10.0. The number of hydrogen-bond acceptors (Lipinski definition) is 4. The lowest BCUT2D eigenvalue weighted by Gasteiger charge is -2.07. The summed E-state index contributed by atoms with van der Waals surface area (Å²) in [6.07, 6.45) is 1.80. The highest BCUT2D eigenvalue weighted by atomic mass is 32.1. The van der Waals surface area contributed by atoms with Crippen molar-refractivity contribution in [1.29, 1.82) is 0 Å². The van der Waals surface area contributed by atoms with E-state index in [0.29, 0.717) is 16.3 Å². The molecule has 3 rings (SSSR count). The normalized spacial score (nSPS) is 11.5. The largest absolute Gasteiger partial charge is 0.298 e. The Kier molecular flexibility index (Phi) is 4.64. The van der Waals surface area contributed by atoms with E-state index in [9.17, 15) is 9.18 Å². The lowest BCUT2D eigenvalue weighted by Crippen LogP contribution is -2.13. The van der Waals surface area contributed by atoms with E-state index < -0.39 is 0 Å². The average Bonchev–Trinajstić information content (AvgIpc) is 3.17. The zero-order valence-electron chi connectivity index (χ0n) is 12.2. The molecule has 2 aromatic heterocycles. The van der Waals surface area contributed by atoms with Gasteiger partial charge >= 0.3 is 0 Å². The zero-order chi connectivity index (χ0) is 16.2. The summed E-state index contributed by atoms with van der Waals surface area (Å²) in [7, 11) is 0. The smallest absolute Gasteiger partial charge is 0.258 e. The van der Waals surface area contributed by atoms with Gasteiger partial charge in [0.1, 0.15) is 5.82 Å². The van der Waals surface area contributed by atoms with Crippen molar-refractivity contribution >= 4 is 45.4 Å². The second-order valence-corrected chi connectivity index (χ2v) is 6.67. The van der Waals surface area contributed by atoms with Crippen LogP contribution in [0.1, 0.15) is 16.1 Å². The standard InChI is InChI=1S/C17H13FN2OS2/c1-11-10-23-17(19-11)20-16(21)15(9-14-3-2-8-22-14)12-4-6-13(18)7-5-12/h2-10H,1H3,(H,19,20,21)/b15-9+. The topological polar surface area (TPSA) is 42.0 Å². The van der Waals surface area contributed by atoms with Crippen molar-refractivity contribution in [2.24, 2.45) is 0 Å². The van der Waals surface area contributed by atoms with E-state index in [-0.39, 0.29) is 11.7 Å². The predicted octanol–water partition coefficient (Wildman–Crippen LogP) is 4.83. The van der Waals surface area contributed by atoms with Crippen LogP contribution in [0.2, 0.25) is 0 Å². The van der Waals surface area contributed by atoms with Crippen molar-refractivity contribution < 1.29 is 9.18 Å². The molecular formula is C17H13FN2OS2. The third-order valence-corrected chi connectivity index (χ3v) is 4.76.